The predicted octanol–water partition coefficient (Wildman–Crippen LogP) is 2.87. The van der Waals surface area contributed by atoms with E-state index >= 15 is 0 Å². The van der Waals surface area contributed by atoms with Gasteiger partial charge in [0.1, 0.15) is 6.07 Å². The van der Waals surface area contributed by atoms with E-state index in [1.165, 1.54) is 19.3 Å². The molecule has 2 aliphatic rings. The van der Waals surface area contributed by atoms with Crippen LogP contribution in [-0.2, 0) is 14.3 Å². The Labute approximate surface area is 135 Å². The normalized spacial score (nSPS) is 24.9. The molecule has 3 rings (SSSR count). The number of nitrogens with zero attached hydrogens (tertiary/aromatic N) is 1. The summed E-state index contributed by atoms with van der Waals surface area (Å²) in [6.07, 6.45) is 5.33. The van der Waals surface area contributed by atoms with Crippen molar-refractivity contribution in [1.29, 1.82) is 5.26 Å². The number of rotatable bonds is 5. The lowest BCUT2D eigenvalue weighted by molar-refractivity contribution is -0.148. The van der Waals surface area contributed by atoms with Gasteiger partial charge in [0.05, 0.1) is 11.3 Å². The quantitative estimate of drug-likeness (QED) is 0.848. The van der Waals surface area contributed by atoms with Gasteiger partial charge in [0.25, 0.3) is 5.91 Å². The Balaban J connectivity index is 1.44. The van der Waals surface area contributed by atoms with Gasteiger partial charge in [-0.3, -0.25) is 9.59 Å². The topological polar surface area (TPSA) is 79.2 Å². The van der Waals surface area contributed by atoms with Crippen LogP contribution in [0.1, 0.15) is 37.7 Å². The van der Waals surface area contributed by atoms with E-state index in [1.807, 2.05) is 6.07 Å². The van der Waals surface area contributed by atoms with Crippen LogP contribution < -0.4 is 5.32 Å². The van der Waals surface area contributed by atoms with E-state index in [0.29, 0.717) is 29.5 Å². The van der Waals surface area contributed by atoms with Crippen molar-refractivity contribution in [2.24, 2.45) is 17.8 Å². The molecular formula is C18H20N2O3. The van der Waals surface area contributed by atoms with E-state index in [2.05, 4.69) is 5.32 Å². The second-order valence-corrected chi connectivity index (χ2v) is 6.51. The van der Waals surface area contributed by atoms with Gasteiger partial charge in [0.2, 0.25) is 0 Å². The van der Waals surface area contributed by atoms with E-state index in [-0.39, 0.29) is 12.6 Å². The summed E-state index contributed by atoms with van der Waals surface area (Å²) in [6.45, 7) is -0.306. The number of esters is 1. The Kier molecular flexibility index (Phi) is 4.61. The van der Waals surface area contributed by atoms with Crippen LogP contribution in [0.5, 0.6) is 0 Å². The Bertz CT molecular complexity index is 650. The van der Waals surface area contributed by atoms with Crippen LogP contribution in [0.2, 0.25) is 0 Å². The molecule has 23 heavy (non-hydrogen) atoms. The third-order valence-corrected chi connectivity index (χ3v) is 5.00. The molecule has 1 N–H and O–H groups in total. The molecule has 1 aromatic carbocycles. The molecule has 1 aromatic rings. The van der Waals surface area contributed by atoms with Gasteiger partial charge in [-0.25, -0.2) is 0 Å². The largest absolute Gasteiger partial charge is 0.456 e. The monoisotopic (exact) mass is 312 g/mol. The predicted molar refractivity (Wildman–Crippen MR) is 84.3 cm³/mol. The number of carbonyl (C=O) groups excluding carboxylic acids is 2. The lowest BCUT2D eigenvalue weighted by atomic mass is 9.86. The minimum absolute atomic E-state index is 0.300. The Morgan fingerprint density at radius 3 is 2.78 bits per heavy atom. The van der Waals surface area contributed by atoms with Crippen molar-refractivity contribution in [2.45, 2.75) is 32.1 Å². The first kappa shape index (κ1) is 15.5. The van der Waals surface area contributed by atoms with Crippen LogP contribution in [0.25, 0.3) is 0 Å². The lowest BCUT2D eigenvalue weighted by Gasteiger charge is -2.20. The molecule has 0 spiro atoms. The van der Waals surface area contributed by atoms with Gasteiger partial charge < -0.3 is 10.1 Å². The summed E-state index contributed by atoms with van der Waals surface area (Å²) in [4.78, 5) is 23.8. The van der Waals surface area contributed by atoms with Crippen molar-refractivity contribution in [3.63, 3.8) is 0 Å². The molecule has 5 heteroatoms. The van der Waals surface area contributed by atoms with Gasteiger partial charge in [0.15, 0.2) is 6.61 Å². The molecule has 0 saturated heterocycles. The number of hydrogen-bond donors (Lipinski definition) is 1. The highest BCUT2D eigenvalue weighted by atomic mass is 16.5. The second-order valence-electron chi connectivity index (χ2n) is 6.51. The standard InChI is InChI=1S/C18H20N2O3/c19-10-14-3-1-2-4-16(14)20-17(21)11-23-18(22)9-15-8-12-5-6-13(15)7-12/h1-4,12-13,15H,5-9,11H2,(H,20,21)/t12-,13+,15+/m0/s1. The van der Waals surface area contributed by atoms with E-state index in [4.69, 9.17) is 10.00 Å². The fourth-order valence-corrected chi connectivity index (χ4v) is 3.92. The molecule has 2 saturated carbocycles. The molecule has 2 bridgehead atoms. The number of benzene rings is 1. The van der Waals surface area contributed by atoms with E-state index in [0.717, 1.165) is 12.3 Å². The van der Waals surface area contributed by atoms with Crippen molar-refractivity contribution in [3.8, 4) is 6.07 Å². The van der Waals surface area contributed by atoms with Gasteiger partial charge in [-0.15, -0.1) is 0 Å². The molecule has 0 heterocycles. The van der Waals surface area contributed by atoms with Crippen LogP contribution >= 0.6 is 0 Å². The zero-order valence-corrected chi connectivity index (χ0v) is 13.0. The van der Waals surface area contributed by atoms with Gasteiger partial charge in [-0.1, -0.05) is 18.6 Å². The van der Waals surface area contributed by atoms with Crippen molar-refractivity contribution < 1.29 is 14.3 Å². The van der Waals surface area contributed by atoms with Gasteiger partial charge >= 0.3 is 5.97 Å². The first-order valence-corrected chi connectivity index (χ1v) is 8.10. The highest BCUT2D eigenvalue weighted by Crippen LogP contribution is 2.49. The number of nitriles is 1. The number of para-hydroxylation sites is 1. The molecule has 3 atom stereocenters. The molecular weight excluding hydrogens is 292 g/mol. The Morgan fingerprint density at radius 1 is 1.26 bits per heavy atom. The maximum absolute atomic E-state index is 11.9. The molecule has 5 nitrogen and oxygen atoms in total. The first-order valence-electron chi connectivity index (χ1n) is 8.10. The van der Waals surface area contributed by atoms with E-state index < -0.39 is 5.91 Å². The SMILES string of the molecule is N#Cc1ccccc1NC(=O)COC(=O)C[C@H]1C[C@H]2CC[C@@H]1C2. The van der Waals surface area contributed by atoms with Gasteiger partial charge in [0, 0.05) is 6.42 Å². The molecule has 2 aliphatic carbocycles. The Hall–Kier alpha value is -2.35. The van der Waals surface area contributed by atoms with Gasteiger partial charge in [-0.05, 0) is 49.1 Å². The maximum atomic E-state index is 11.9. The lowest BCUT2D eigenvalue weighted by Crippen LogP contribution is -2.23. The number of carbonyl (C=O) groups is 2. The van der Waals surface area contributed by atoms with Crippen molar-refractivity contribution in [3.05, 3.63) is 29.8 Å². The van der Waals surface area contributed by atoms with Crippen LogP contribution in [0.4, 0.5) is 5.69 Å². The average molecular weight is 312 g/mol. The summed E-state index contributed by atoms with van der Waals surface area (Å²) in [5, 5.41) is 11.6. The second kappa shape index (κ2) is 6.82. The summed E-state index contributed by atoms with van der Waals surface area (Å²) in [6, 6.07) is 8.73. The number of fused-ring (bicyclic) bond motifs is 2. The van der Waals surface area contributed by atoms with Crippen LogP contribution in [0, 0.1) is 29.1 Å². The number of nitrogens with one attached hydrogen (secondary N) is 1. The molecule has 1 amide bonds. The van der Waals surface area contributed by atoms with Crippen molar-refractivity contribution >= 4 is 17.6 Å². The summed E-state index contributed by atoms with van der Waals surface area (Å²) in [5.74, 6) is 1.18. The molecule has 0 unspecified atom stereocenters. The average Bonchev–Trinajstić information content (AvgIpc) is 3.16. The highest BCUT2D eigenvalue weighted by molar-refractivity contribution is 5.93. The van der Waals surface area contributed by atoms with Crippen LogP contribution in [0.15, 0.2) is 24.3 Å². The maximum Gasteiger partial charge on any atom is 0.306 e. The number of ether oxygens (including phenoxy) is 1. The number of amides is 1. The third-order valence-electron chi connectivity index (χ3n) is 5.00. The fraction of sp³-hybridized carbons (Fsp3) is 0.500. The minimum Gasteiger partial charge on any atom is -0.456 e. The van der Waals surface area contributed by atoms with E-state index in [9.17, 15) is 9.59 Å². The van der Waals surface area contributed by atoms with Crippen molar-refractivity contribution in [2.75, 3.05) is 11.9 Å². The molecule has 0 aromatic heterocycles. The van der Waals surface area contributed by atoms with Crippen LogP contribution in [0.3, 0.4) is 0 Å². The first-order chi connectivity index (χ1) is 11.2. The molecule has 120 valence electrons. The zero-order valence-electron chi connectivity index (χ0n) is 13.0. The minimum atomic E-state index is -0.422. The fourth-order valence-electron chi connectivity index (χ4n) is 3.92. The summed E-state index contributed by atoms with van der Waals surface area (Å²) >= 11 is 0. The van der Waals surface area contributed by atoms with Crippen molar-refractivity contribution in [1.82, 2.24) is 0 Å². The third kappa shape index (κ3) is 3.70. The number of anilines is 1. The van der Waals surface area contributed by atoms with E-state index in [1.54, 1.807) is 24.3 Å². The molecule has 2 fully saturated rings. The summed E-state index contributed by atoms with van der Waals surface area (Å²) in [7, 11) is 0. The Morgan fingerprint density at radius 2 is 2.09 bits per heavy atom. The summed E-state index contributed by atoms with van der Waals surface area (Å²) < 4.78 is 5.09. The van der Waals surface area contributed by atoms with Crippen LogP contribution in [-0.4, -0.2) is 18.5 Å². The molecule has 0 radical (unpaired) electrons. The smallest absolute Gasteiger partial charge is 0.306 e. The van der Waals surface area contributed by atoms with Gasteiger partial charge in [-0.2, -0.15) is 5.26 Å². The highest BCUT2D eigenvalue weighted by Gasteiger charge is 2.40. The zero-order chi connectivity index (χ0) is 16.2. The number of hydrogen-bond acceptors (Lipinski definition) is 4. The molecule has 0 aliphatic heterocycles. The summed E-state index contributed by atoms with van der Waals surface area (Å²) in [5.41, 5.74) is 0.818.